The van der Waals surface area contributed by atoms with Crippen LogP contribution in [0.25, 0.3) is 0 Å². The lowest BCUT2D eigenvalue weighted by Crippen LogP contribution is -2.24. The van der Waals surface area contributed by atoms with Crippen molar-refractivity contribution < 1.29 is 9.53 Å². The highest BCUT2D eigenvalue weighted by Crippen LogP contribution is 2.27. The van der Waals surface area contributed by atoms with Gasteiger partial charge in [-0.3, -0.25) is 4.79 Å². The molecule has 0 saturated carbocycles. The first-order chi connectivity index (χ1) is 8.15. The number of hydrogen-bond acceptors (Lipinski definition) is 3. The third kappa shape index (κ3) is 5.19. The van der Waals surface area contributed by atoms with Gasteiger partial charge < -0.3 is 10.1 Å². The monoisotopic (exact) mass is 319 g/mol. The van der Waals surface area contributed by atoms with E-state index >= 15 is 0 Å². The summed E-state index contributed by atoms with van der Waals surface area (Å²) in [7, 11) is 0. The molecule has 3 nitrogen and oxygen atoms in total. The average Bonchev–Trinajstić information content (AvgIpc) is 2.64. The van der Waals surface area contributed by atoms with Crippen LogP contribution in [0.5, 0.6) is 0 Å². The van der Waals surface area contributed by atoms with E-state index in [4.69, 9.17) is 4.74 Å². The van der Waals surface area contributed by atoms with E-state index in [1.165, 1.54) is 11.3 Å². The summed E-state index contributed by atoms with van der Waals surface area (Å²) < 4.78 is 6.36. The third-order valence-electron chi connectivity index (χ3n) is 2.18. The van der Waals surface area contributed by atoms with Crippen molar-refractivity contribution in [2.45, 2.75) is 26.7 Å². The summed E-state index contributed by atoms with van der Waals surface area (Å²) in [6.45, 7) is 6.23. The first kappa shape index (κ1) is 14.7. The molecule has 1 aromatic rings. The maximum absolute atomic E-state index is 11.7. The van der Waals surface area contributed by atoms with Crippen LogP contribution in [0, 0.1) is 6.92 Å². The number of nitrogens with one attached hydrogen (secondary N) is 1. The second-order valence-corrected chi connectivity index (χ2v) is 6.16. The van der Waals surface area contributed by atoms with Crippen LogP contribution < -0.4 is 5.32 Å². The number of ether oxygens (including phenoxy) is 1. The topological polar surface area (TPSA) is 38.3 Å². The zero-order valence-electron chi connectivity index (χ0n) is 10.2. The molecule has 0 aliphatic carbocycles. The fourth-order valence-corrected chi connectivity index (χ4v) is 2.73. The van der Waals surface area contributed by atoms with E-state index in [0.717, 1.165) is 33.7 Å². The fraction of sp³-hybridized carbons (Fsp3) is 0.583. The molecule has 0 spiro atoms. The van der Waals surface area contributed by atoms with E-state index in [1.54, 1.807) is 0 Å². The van der Waals surface area contributed by atoms with Gasteiger partial charge >= 0.3 is 0 Å². The Morgan fingerprint density at radius 3 is 2.88 bits per heavy atom. The van der Waals surface area contributed by atoms with Crippen molar-refractivity contribution in [3.63, 3.8) is 0 Å². The molecule has 0 unspecified atom stereocenters. The first-order valence-electron chi connectivity index (χ1n) is 5.77. The van der Waals surface area contributed by atoms with Crippen LogP contribution in [-0.2, 0) is 4.74 Å². The Bertz CT molecular complexity index is 346. The lowest BCUT2D eigenvalue weighted by molar-refractivity contribution is 0.0945. The lowest BCUT2D eigenvalue weighted by Gasteiger charge is -2.04. The maximum atomic E-state index is 11.7. The van der Waals surface area contributed by atoms with Crippen LogP contribution in [0.3, 0.4) is 0 Å². The molecule has 0 aliphatic rings. The molecule has 0 aromatic carbocycles. The third-order valence-corrected chi connectivity index (χ3v) is 4.32. The van der Waals surface area contributed by atoms with Gasteiger partial charge in [0, 0.05) is 19.8 Å². The highest BCUT2D eigenvalue weighted by Gasteiger charge is 2.10. The minimum atomic E-state index is -0.000656. The van der Waals surface area contributed by atoms with E-state index < -0.39 is 0 Å². The molecule has 0 atom stereocenters. The van der Waals surface area contributed by atoms with E-state index in [1.807, 2.05) is 13.0 Å². The highest BCUT2D eigenvalue weighted by atomic mass is 79.9. The Morgan fingerprint density at radius 1 is 1.53 bits per heavy atom. The summed E-state index contributed by atoms with van der Waals surface area (Å²) in [5.74, 6) is -0.000656. The Kier molecular flexibility index (Phi) is 6.77. The quantitative estimate of drug-likeness (QED) is 0.782. The van der Waals surface area contributed by atoms with Gasteiger partial charge in [-0.05, 0) is 47.3 Å². The molecular formula is C12H18BrNO2S. The van der Waals surface area contributed by atoms with Crippen LogP contribution in [0.2, 0.25) is 0 Å². The molecule has 0 bridgehead atoms. The van der Waals surface area contributed by atoms with Crippen LogP contribution in [-0.4, -0.2) is 25.7 Å². The summed E-state index contributed by atoms with van der Waals surface area (Å²) in [6, 6.07) is 1.90. The highest BCUT2D eigenvalue weighted by molar-refractivity contribution is 9.11. The zero-order valence-corrected chi connectivity index (χ0v) is 12.6. The molecule has 1 aromatic heterocycles. The number of thiophene rings is 1. The van der Waals surface area contributed by atoms with Gasteiger partial charge in [-0.2, -0.15) is 0 Å². The average molecular weight is 320 g/mol. The van der Waals surface area contributed by atoms with Crippen LogP contribution in [0.1, 0.15) is 35.0 Å². The number of hydrogen-bond donors (Lipinski definition) is 1. The van der Waals surface area contributed by atoms with Gasteiger partial charge in [0.05, 0.1) is 8.66 Å². The van der Waals surface area contributed by atoms with E-state index in [0.29, 0.717) is 13.2 Å². The zero-order chi connectivity index (χ0) is 12.7. The lowest BCUT2D eigenvalue weighted by atomic mass is 10.3. The van der Waals surface area contributed by atoms with Crippen molar-refractivity contribution in [1.29, 1.82) is 0 Å². The van der Waals surface area contributed by atoms with Gasteiger partial charge in [0.25, 0.3) is 5.91 Å². The number of amides is 1. The van der Waals surface area contributed by atoms with Gasteiger partial charge in [0.15, 0.2) is 0 Å². The Labute approximate surface area is 115 Å². The van der Waals surface area contributed by atoms with Crippen molar-refractivity contribution in [2.24, 2.45) is 0 Å². The number of halogens is 1. The molecule has 96 valence electrons. The summed E-state index contributed by atoms with van der Waals surface area (Å²) >= 11 is 4.88. The fourth-order valence-electron chi connectivity index (χ4n) is 1.28. The van der Waals surface area contributed by atoms with E-state index in [2.05, 4.69) is 28.2 Å². The molecule has 0 saturated heterocycles. The predicted molar refractivity (Wildman–Crippen MR) is 74.8 cm³/mol. The van der Waals surface area contributed by atoms with Crippen LogP contribution in [0.15, 0.2) is 9.85 Å². The molecule has 1 rings (SSSR count). The molecule has 1 N–H and O–H groups in total. The minimum absolute atomic E-state index is 0.000656. The Morgan fingerprint density at radius 2 is 2.29 bits per heavy atom. The molecule has 5 heteroatoms. The minimum Gasteiger partial charge on any atom is -0.381 e. The largest absolute Gasteiger partial charge is 0.381 e. The Balaban J connectivity index is 2.21. The Hall–Kier alpha value is -0.390. The van der Waals surface area contributed by atoms with Crippen molar-refractivity contribution in [3.8, 4) is 0 Å². The molecule has 17 heavy (non-hydrogen) atoms. The maximum Gasteiger partial charge on any atom is 0.261 e. The number of aryl methyl sites for hydroxylation is 1. The number of carbonyl (C=O) groups excluding carboxylic acids is 1. The normalized spacial score (nSPS) is 10.5. The van der Waals surface area contributed by atoms with Gasteiger partial charge in [0.2, 0.25) is 0 Å². The van der Waals surface area contributed by atoms with Crippen molar-refractivity contribution in [1.82, 2.24) is 5.32 Å². The van der Waals surface area contributed by atoms with Gasteiger partial charge in [0.1, 0.15) is 0 Å². The summed E-state index contributed by atoms with van der Waals surface area (Å²) in [4.78, 5) is 12.5. The van der Waals surface area contributed by atoms with Crippen LogP contribution in [0.4, 0.5) is 0 Å². The molecule has 0 fully saturated rings. The van der Waals surface area contributed by atoms with Gasteiger partial charge in [-0.25, -0.2) is 0 Å². The van der Waals surface area contributed by atoms with Gasteiger partial charge in [-0.1, -0.05) is 6.92 Å². The van der Waals surface area contributed by atoms with Crippen molar-refractivity contribution in [2.75, 3.05) is 19.8 Å². The van der Waals surface area contributed by atoms with Gasteiger partial charge in [-0.15, -0.1) is 11.3 Å². The SMILES string of the molecule is CCCOCCCNC(=O)c1cc(C)c(Br)s1. The molecular weight excluding hydrogens is 302 g/mol. The number of rotatable bonds is 7. The molecule has 0 radical (unpaired) electrons. The standard InChI is InChI=1S/C12H18BrNO2S/c1-3-6-16-7-4-5-14-12(15)10-8-9(2)11(13)17-10/h8H,3-7H2,1-2H3,(H,14,15). The second kappa shape index (κ2) is 7.84. The number of carbonyl (C=O) groups is 1. The molecule has 1 heterocycles. The predicted octanol–water partition coefficient (Wildman–Crippen LogP) is 3.37. The second-order valence-electron chi connectivity index (χ2n) is 3.79. The van der Waals surface area contributed by atoms with Crippen molar-refractivity contribution >= 4 is 33.2 Å². The first-order valence-corrected chi connectivity index (χ1v) is 7.38. The van der Waals surface area contributed by atoms with E-state index in [9.17, 15) is 4.79 Å². The van der Waals surface area contributed by atoms with Crippen molar-refractivity contribution in [3.05, 3.63) is 20.3 Å². The van der Waals surface area contributed by atoms with E-state index in [-0.39, 0.29) is 5.91 Å². The molecule has 1 amide bonds. The molecule has 0 aliphatic heterocycles. The smallest absolute Gasteiger partial charge is 0.261 e. The summed E-state index contributed by atoms with van der Waals surface area (Å²) in [5.41, 5.74) is 1.10. The summed E-state index contributed by atoms with van der Waals surface area (Å²) in [6.07, 6.45) is 1.89. The summed E-state index contributed by atoms with van der Waals surface area (Å²) in [5, 5.41) is 2.89. The van der Waals surface area contributed by atoms with Crippen LogP contribution >= 0.6 is 27.3 Å².